The molecule has 7 heteroatoms. The van der Waals surface area contributed by atoms with Crippen LogP contribution in [-0.2, 0) is 4.79 Å². The molecule has 0 aromatic carbocycles. The Morgan fingerprint density at radius 2 is 1.26 bits per heavy atom. The predicted molar refractivity (Wildman–Crippen MR) is 106 cm³/mol. The SMILES string of the molecule is CCCCC/C(=C/C/C=C/C/C=C/C/C=C(/CCCC=O)[N+](=O)[O-])[N+](=O)[O-]. The van der Waals surface area contributed by atoms with Gasteiger partial charge in [-0.15, -0.1) is 0 Å². The summed E-state index contributed by atoms with van der Waals surface area (Å²) >= 11 is 0. The smallest absolute Gasteiger partial charge is 0.242 e. The number of hydrogen-bond donors (Lipinski definition) is 0. The first-order chi connectivity index (χ1) is 13.0. The Morgan fingerprint density at radius 1 is 0.778 bits per heavy atom. The van der Waals surface area contributed by atoms with Gasteiger partial charge in [-0.1, -0.05) is 44.1 Å². The molecule has 27 heavy (non-hydrogen) atoms. The third kappa shape index (κ3) is 14.3. The fourth-order valence-corrected chi connectivity index (χ4v) is 2.33. The molecule has 150 valence electrons. The first-order valence-corrected chi connectivity index (χ1v) is 9.43. The lowest BCUT2D eigenvalue weighted by Crippen LogP contribution is -1.98. The highest BCUT2D eigenvalue weighted by Gasteiger charge is 2.09. The topological polar surface area (TPSA) is 103 Å². The number of unbranched alkanes of at least 4 members (excludes halogenated alkanes) is 3. The van der Waals surface area contributed by atoms with Crippen molar-refractivity contribution in [2.45, 2.75) is 71.1 Å². The molecule has 0 fully saturated rings. The van der Waals surface area contributed by atoms with Crippen molar-refractivity contribution in [3.05, 3.63) is 68.1 Å². The van der Waals surface area contributed by atoms with Crippen LogP contribution in [0.3, 0.4) is 0 Å². The van der Waals surface area contributed by atoms with E-state index in [0.29, 0.717) is 44.9 Å². The fourth-order valence-electron chi connectivity index (χ4n) is 2.33. The van der Waals surface area contributed by atoms with Crippen LogP contribution < -0.4 is 0 Å². The largest absolute Gasteiger partial charge is 0.303 e. The van der Waals surface area contributed by atoms with Crippen LogP contribution in [0.4, 0.5) is 0 Å². The van der Waals surface area contributed by atoms with E-state index in [1.807, 2.05) is 24.3 Å². The third-order valence-electron chi connectivity index (χ3n) is 3.84. The highest BCUT2D eigenvalue weighted by Crippen LogP contribution is 2.11. The number of hydrogen-bond acceptors (Lipinski definition) is 5. The van der Waals surface area contributed by atoms with Crippen LogP contribution in [0.15, 0.2) is 47.9 Å². The number of carbonyl (C=O) groups is 1. The molecule has 0 N–H and O–H groups in total. The first kappa shape index (κ1) is 24.4. The number of rotatable bonds is 16. The van der Waals surface area contributed by atoms with Gasteiger partial charge in [0.15, 0.2) is 0 Å². The minimum absolute atomic E-state index is 0.137. The monoisotopic (exact) mass is 378 g/mol. The first-order valence-electron chi connectivity index (χ1n) is 9.43. The Labute approximate surface area is 160 Å². The molecular formula is C20H30N2O5. The van der Waals surface area contributed by atoms with Crippen molar-refractivity contribution in [2.75, 3.05) is 0 Å². The summed E-state index contributed by atoms with van der Waals surface area (Å²) in [5, 5.41) is 21.8. The lowest BCUT2D eigenvalue weighted by Gasteiger charge is -1.97. The van der Waals surface area contributed by atoms with Crippen molar-refractivity contribution in [1.82, 2.24) is 0 Å². The van der Waals surface area contributed by atoms with Gasteiger partial charge in [-0.3, -0.25) is 20.2 Å². The molecule has 0 unspecified atom stereocenters. The molecule has 0 aliphatic carbocycles. The second-order valence-electron chi connectivity index (χ2n) is 6.07. The standard InChI is InChI=1S/C20H30N2O5/c1-2-3-9-14-19(21(24)25)15-10-7-5-4-6-8-11-16-20(22(26)27)17-12-13-18-23/h5-8,15-16,18H,2-4,9-14,17H2,1H3/b7-5+,8-6+,19-15-,20-16-. The van der Waals surface area contributed by atoms with E-state index in [2.05, 4.69) is 6.92 Å². The van der Waals surface area contributed by atoms with Crippen LogP contribution in [0, 0.1) is 20.2 Å². The van der Waals surface area contributed by atoms with Crippen LogP contribution in [-0.4, -0.2) is 16.1 Å². The maximum Gasteiger partial charge on any atom is 0.242 e. The lowest BCUT2D eigenvalue weighted by atomic mass is 10.1. The van der Waals surface area contributed by atoms with Crippen LogP contribution in [0.25, 0.3) is 0 Å². The molecule has 0 spiro atoms. The molecule has 0 aliphatic heterocycles. The van der Waals surface area contributed by atoms with Crippen LogP contribution in [0.2, 0.25) is 0 Å². The van der Waals surface area contributed by atoms with E-state index in [1.165, 1.54) is 0 Å². The average Bonchev–Trinajstić information content (AvgIpc) is 2.63. The Kier molecular flexibility index (Phi) is 15.3. The summed E-state index contributed by atoms with van der Waals surface area (Å²) in [6.07, 6.45) is 17.7. The van der Waals surface area contributed by atoms with Gasteiger partial charge in [0.05, 0.1) is 9.85 Å². The van der Waals surface area contributed by atoms with Crippen LogP contribution in [0.1, 0.15) is 71.1 Å². The summed E-state index contributed by atoms with van der Waals surface area (Å²) in [6, 6.07) is 0. The zero-order chi connectivity index (χ0) is 20.3. The molecule has 0 bridgehead atoms. The normalized spacial score (nSPS) is 12.8. The number of nitro groups is 2. The number of carbonyl (C=O) groups excluding carboxylic acids is 1. The molecule has 0 saturated carbocycles. The molecule has 0 aromatic heterocycles. The summed E-state index contributed by atoms with van der Waals surface area (Å²) in [6.45, 7) is 2.06. The lowest BCUT2D eigenvalue weighted by molar-refractivity contribution is -0.428. The Balaban J connectivity index is 4.23. The van der Waals surface area contributed by atoms with E-state index in [9.17, 15) is 25.0 Å². The van der Waals surface area contributed by atoms with Gasteiger partial charge < -0.3 is 4.79 Å². The van der Waals surface area contributed by atoms with Gasteiger partial charge in [0.2, 0.25) is 11.4 Å². The van der Waals surface area contributed by atoms with Crippen molar-refractivity contribution in [2.24, 2.45) is 0 Å². The fraction of sp³-hybridized carbons (Fsp3) is 0.550. The predicted octanol–water partition coefficient (Wildman–Crippen LogP) is 5.54. The molecule has 0 atom stereocenters. The number of nitrogens with zero attached hydrogens (tertiary/aromatic N) is 2. The van der Waals surface area contributed by atoms with Crippen molar-refractivity contribution in [3.8, 4) is 0 Å². The molecule has 0 amide bonds. The number of aldehydes is 1. The quantitative estimate of drug-likeness (QED) is 0.115. The molecule has 0 rings (SSSR count). The molecule has 0 saturated heterocycles. The molecule has 0 aliphatic rings. The van der Waals surface area contributed by atoms with Crippen molar-refractivity contribution < 1.29 is 14.6 Å². The van der Waals surface area contributed by atoms with Crippen molar-refractivity contribution in [3.63, 3.8) is 0 Å². The average molecular weight is 378 g/mol. The Morgan fingerprint density at radius 3 is 1.70 bits per heavy atom. The summed E-state index contributed by atoms with van der Waals surface area (Å²) in [4.78, 5) is 31.4. The Bertz CT molecular complexity index is 577. The van der Waals surface area contributed by atoms with Gasteiger partial charge in [0.25, 0.3) is 0 Å². The molecule has 0 radical (unpaired) electrons. The maximum absolute atomic E-state index is 10.9. The molecule has 0 aromatic rings. The maximum atomic E-state index is 10.9. The van der Waals surface area contributed by atoms with Crippen LogP contribution >= 0.6 is 0 Å². The minimum atomic E-state index is -0.404. The van der Waals surface area contributed by atoms with E-state index in [4.69, 9.17) is 0 Å². The van der Waals surface area contributed by atoms with E-state index < -0.39 is 4.92 Å². The van der Waals surface area contributed by atoms with Gasteiger partial charge in [-0.25, -0.2) is 0 Å². The van der Waals surface area contributed by atoms with E-state index in [-0.39, 0.29) is 16.3 Å². The van der Waals surface area contributed by atoms with E-state index >= 15 is 0 Å². The summed E-state index contributed by atoms with van der Waals surface area (Å²) in [7, 11) is 0. The third-order valence-corrected chi connectivity index (χ3v) is 3.84. The summed E-state index contributed by atoms with van der Waals surface area (Å²) < 4.78 is 0. The second-order valence-corrected chi connectivity index (χ2v) is 6.07. The van der Waals surface area contributed by atoms with Crippen LogP contribution in [0.5, 0.6) is 0 Å². The molecule has 0 heterocycles. The van der Waals surface area contributed by atoms with Crippen molar-refractivity contribution >= 4 is 6.29 Å². The highest BCUT2D eigenvalue weighted by atomic mass is 16.6. The Hall–Kier alpha value is -2.57. The van der Waals surface area contributed by atoms with Gasteiger partial charge in [-0.2, -0.15) is 0 Å². The summed E-state index contributed by atoms with van der Waals surface area (Å²) in [5.74, 6) is 0. The number of allylic oxidation sites excluding steroid dienone is 8. The molecular weight excluding hydrogens is 348 g/mol. The minimum Gasteiger partial charge on any atom is -0.303 e. The molecule has 7 nitrogen and oxygen atoms in total. The van der Waals surface area contributed by atoms with Crippen molar-refractivity contribution in [1.29, 1.82) is 0 Å². The van der Waals surface area contributed by atoms with Gasteiger partial charge in [0, 0.05) is 19.3 Å². The van der Waals surface area contributed by atoms with E-state index in [0.717, 1.165) is 25.5 Å². The van der Waals surface area contributed by atoms with Gasteiger partial charge in [0.1, 0.15) is 6.29 Å². The zero-order valence-corrected chi connectivity index (χ0v) is 16.0. The summed E-state index contributed by atoms with van der Waals surface area (Å²) in [5.41, 5.74) is 0.410. The van der Waals surface area contributed by atoms with E-state index in [1.54, 1.807) is 12.2 Å². The highest BCUT2D eigenvalue weighted by molar-refractivity contribution is 5.49. The van der Waals surface area contributed by atoms with Gasteiger partial charge in [-0.05, 0) is 44.3 Å². The zero-order valence-electron chi connectivity index (χ0n) is 16.0. The van der Waals surface area contributed by atoms with Gasteiger partial charge >= 0.3 is 0 Å². The second kappa shape index (κ2) is 16.9.